The van der Waals surface area contributed by atoms with Gasteiger partial charge in [0.1, 0.15) is 24.2 Å². The minimum atomic E-state index is -0.657. The number of para-hydroxylation sites is 1. The fraction of sp³-hybridized carbons (Fsp3) is 0.450. The molecule has 1 aromatic carbocycles. The molecule has 0 aliphatic heterocycles. The Kier molecular flexibility index (Phi) is 7.51. The van der Waals surface area contributed by atoms with Crippen LogP contribution in [0.5, 0.6) is 5.75 Å². The lowest BCUT2D eigenvalue weighted by Crippen LogP contribution is -2.33. The van der Waals surface area contributed by atoms with E-state index >= 15 is 0 Å². The molecule has 1 heterocycles. The summed E-state index contributed by atoms with van der Waals surface area (Å²) < 4.78 is 10.9. The molecule has 162 valence electrons. The van der Waals surface area contributed by atoms with Gasteiger partial charge in [-0.05, 0) is 33.8 Å². The molecule has 30 heavy (non-hydrogen) atoms. The van der Waals surface area contributed by atoms with E-state index < -0.39 is 16.5 Å². The fourth-order valence-electron chi connectivity index (χ4n) is 2.71. The van der Waals surface area contributed by atoms with Crippen molar-refractivity contribution >= 4 is 23.3 Å². The molecule has 10 nitrogen and oxygen atoms in total. The molecule has 1 N–H and O–H groups in total. The third-order valence-corrected chi connectivity index (χ3v) is 3.85. The van der Waals surface area contributed by atoms with E-state index in [-0.39, 0.29) is 30.4 Å². The van der Waals surface area contributed by atoms with E-state index in [0.717, 1.165) is 5.56 Å². The van der Waals surface area contributed by atoms with Crippen molar-refractivity contribution in [2.75, 3.05) is 30.4 Å². The van der Waals surface area contributed by atoms with Crippen LogP contribution in [0.1, 0.15) is 33.3 Å². The van der Waals surface area contributed by atoms with Crippen molar-refractivity contribution in [3.63, 3.8) is 0 Å². The third kappa shape index (κ3) is 6.29. The van der Waals surface area contributed by atoms with E-state index in [9.17, 15) is 14.9 Å². The minimum absolute atomic E-state index is 0.0152. The molecule has 0 bridgehead atoms. The third-order valence-electron chi connectivity index (χ3n) is 3.85. The van der Waals surface area contributed by atoms with Crippen molar-refractivity contribution in [1.82, 2.24) is 9.97 Å². The average molecular weight is 417 g/mol. The molecule has 0 spiro atoms. The number of rotatable bonds is 9. The van der Waals surface area contributed by atoms with Crippen LogP contribution in [0.3, 0.4) is 0 Å². The van der Waals surface area contributed by atoms with Gasteiger partial charge in [-0.25, -0.2) is 9.97 Å². The van der Waals surface area contributed by atoms with Crippen molar-refractivity contribution in [3.05, 3.63) is 46.3 Å². The van der Waals surface area contributed by atoms with E-state index in [2.05, 4.69) is 15.3 Å². The Hall–Kier alpha value is -3.43. The van der Waals surface area contributed by atoms with Crippen LogP contribution in [0.2, 0.25) is 0 Å². The number of nitro groups is 1. The van der Waals surface area contributed by atoms with Crippen LogP contribution in [0.15, 0.2) is 30.6 Å². The highest BCUT2D eigenvalue weighted by atomic mass is 16.6. The fourth-order valence-corrected chi connectivity index (χ4v) is 2.71. The number of esters is 1. The first-order valence-corrected chi connectivity index (χ1v) is 9.49. The Morgan fingerprint density at radius 1 is 1.27 bits per heavy atom. The zero-order valence-corrected chi connectivity index (χ0v) is 17.8. The molecule has 2 rings (SSSR count). The average Bonchev–Trinajstić information content (AvgIpc) is 2.65. The second kappa shape index (κ2) is 9.86. The Labute approximate surface area is 175 Å². The monoisotopic (exact) mass is 417 g/mol. The lowest BCUT2D eigenvalue weighted by Gasteiger charge is -2.23. The summed E-state index contributed by atoms with van der Waals surface area (Å²) in [6.07, 6.45) is 1.21. The number of nitrogens with zero attached hydrogens (tertiary/aromatic N) is 4. The number of nitrogens with one attached hydrogen (secondary N) is 1. The zero-order valence-electron chi connectivity index (χ0n) is 17.8. The molecule has 0 saturated carbocycles. The summed E-state index contributed by atoms with van der Waals surface area (Å²) in [5.74, 6) is 0.235. The SMILES string of the molecule is CCOc1ccccc1CNc1ncnc(N(C)CC(=O)OC(C)(C)C)c1[N+](=O)[O-]. The highest BCUT2D eigenvalue weighted by Crippen LogP contribution is 2.32. The Balaban J connectivity index is 2.24. The van der Waals surface area contributed by atoms with Crippen LogP contribution in [0, 0.1) is 10.1 Å². The second-order valence-electron chi connectivity index (χ2n) is 7.49. The lowest BCUT2D eigenvalue weighted by atomic mass is 10.2. The van der Waals surface area contributed by atoms with Crippen molar-refractivity contribution < 1.29 is 19.2 Å². The normalized spacial score (nSPS) is 11.0. The lowest BCUT2D eigenvalue weighted by molar-refractivity contribution is -0.383. The minimum Gasteiger partial charge on any atom is -0.494 e. The van der Waals surface area contributed by atoms with Crippen molar-refractivity contribution in [3.8, 4) is 5.75 Å². The first-order chi connectivity index (χ1) is 14.1. The van der Waals surface area contributed by atoms with Gasteiger partial charge in [-0.15, -0.1) is 0 Å². The van der Waals surface area contributed by atoms with Crippen LogP contribution in [0.4, 0.5) is 17.3 Å². The summed E-state index contributed by atoms with van der Waals surface area (Å²) in [7, 11) is 1.54. The topological polar surface area (TPSA) is 120 Å². The number of benzene rings is 1. The van der Waals surface area contributed by atoms with Gasteiger partial charge in [-0.3, -0.25) is 14.9 Å². The Morgan fingerprint density at radius 2 is 1.97 bits per heavy atom. The summed E-state index contributed by atoms with van der Waals surface area (Å²) in [5.41, 5.74) is -0.149. The smallest absolute Gasteiger partial charge is 0.353 e. The van der Waals surface area contributed by atoms with Gasteiger partial charge >= 0.3 is 11.7 Å². The molecule has 0 aliphatic carbocycles. The van der Waals surface area contributed by atoms with Gasteiger partial charge in [-0.2, -0.15) is 0 Å². The number of anilines is 2. The second-order valence-corrected chi connectivity index (χ2v) is 7.49. The number of carbonyl (C=O) groups excluding carboxylic acids is 1. The van der Waals surface area contributed by atoms with Crippen molar-refractivity contribution in [2.45, 2.75) is 39.8 Å². The molecule has 0 unspecified atom stereocenters. The number of carbonyl (C=O) groups is 1. The highest BCUT2D eigenvalue weighted by molar-refractivity contribution is 5.78. The van der Waals surface area contributed by atoms with Gasteiger partial charge in [0, 0.05) is 19.2 Å². The van der Waals surface area contributed by atoms with Crippen molar-refractivity contribution in [1.29, 1.82) is 0 Å². The summed E-state index contributed by atoms with van der Waals surface area (Å²) in [5, 5.41) is 14.7. The summed E-state index contributed by atoms with van der Waals surface area (Å²) >= 11 is 0. The van der Waals surface area contributed by atoms with Crippen LogP contribution < -0.4 is 15.0 Å². The summed E-state index contributed by atoms with van der Waals surface area (Å²) in [6.45, 7) is 7.71. The van der Waals surface area contributed by atoms with Gasteiger partial charge in [-0.1, -0.05) is 18.2 Å². The highest BCUT2D eigenvalue weighted by Gasteiger charge is 2.27. The maximum Gasteiger partial charge on any atom is 0.353 e. The molecule has 10 heteroatoms. The van der Waals surface area contributed by atoms with Crippen LogP contribution in [-0.2, 0) is 16.1 Å². The molecule has 0 fully saturated rings. The van der Waals surface area contributed by atoms with Crippen molar-refractivity contribution in [2.24, 2.45) is 0 Å². The predicted molar refractivity (Wildman–Crippen MR) is 113 cm³/mol. The standard InChI is InChI=1S/C20H27N5O5/c1-6-29-15-10-8-7-9-14(15)11-21-18-17(25(27)28)19(23-13-22-18)24(5)12-16(26)30-20(2,3)4/h7-10,13H,6,11-12H2,1-5H3,(H,21,22,23). The van der Waals surface area contributed by atoms with Gasteiger partial charge in [0.25, 0.3) is 0 Å². The van der Waals surface area contributed by atoms with Crippen LogP contribution >= 0.6 is 0 Å². The molecule has 0 amide bonds. The first kappa shape index (κ1) is 22.9. The maximum absolute atomic E-state index is 12.1. The van der Waals surface area contributed by atoms with Crippen LogP contribution in [-0.4, -0.2) is 46.7 Å². The van der Waals surface area contributed by atoms with E-state index in [1.54, 1.807) is 20.8 Å². The van der Waals surface area contributed by atoms with Gasteiger partial charge in [0.15, 0.2) is 0 Å². The maximum atomic E-state index is 12.1. The number of hydrogen-bond acceptors (Lipinski definition) is 9. The quantitative estimate of drug-likeness (QED) is 0.372. The Bertz CT molecular complexity index is 897. The Morgan fingerprint density at radius 3 is 2.60 bits per heavy atom. The molecule has 1 aromatic heterocycles. The van der Waals surface area contributed by atoms with E-state index in [1.165, 1.54) is 18.3 Å². The largest absolute Gasteiger partial charge is 0.494 e. The molecule has 0 radical (unpaired) electrons. The van der Waals surface area contributed by atoms with Gasteiger partial charge < -0.3 is 19.7 Å². The number of aromatic nitrogens is 2. The number of hydrogen-bond donors (Lipinski definition) is 1. The molecule has 0 saturated heterocycles. The molecule has 2 aromatic rings. The van der Waals surface area contributed by atoms with E-state index in [0.29, 0.717) is 12.4 Å². The van der Waals surface area contributed by atoms with E-state index in [4.69, 9.17) is 9.47 Å². The van der Waals surface area contributed by atoms with Gasteiger partial charge in [0.05, 0.1) is 11.5 Å². The van der Waals surface area contributed by atoms with Gasteiger partial charge in [0.2, 0.25) is 11.6 Å². The zero-order chi connectivity index (χ0) is 22.3. The van der Waals surface area contributed by atoms with E-state index in [1.807, 2.05) is 31.2 Å². The molecule has 0 aliphatic rings. The first-order valence-electron chi connectivity index (χ1n) is 9.49. The predicted octanol–water partition coefficient (Wildman–Crippen LogP) is 3.17. The van der Waals surface area contributed by atoms with Crippen LogP contribution in [0.25, 0.3) is 0 Å². The summed E-state index contributed by atoms with van der Waals surface area (Å²) in [4.78, 5) is 32.7. The molecular weight excluding hydrogens is 390 g/mol. The number of likely N-dealkylation sites (N-methyl/N-ethyl adjacent to an activating group) is 1. The summed E-state index contributed by atoms with van der Waals surface area (Å²) in [6, 6.07) is 7.40. The molecule has 0 atom stereocenters. The number of ether oxygens (including phenoxy) is 2. The molecular formula is C20H27N5O5.